The van der Waals surface area contributed by atoms with Gasteiger partial charge in [0.15, 0.2) is 11.2 Å². The number of fused-ring (bicyclic) bond motifs is 1. The highest BCUT2D eigenvalue weighted by Gasteiger charge is 2.24. The van der Waals surface area contributed by atoms with Crippen LogP contribution >= 0.6 is 0 Å². The number of H-pyrrole nitrogens is 1. The molecular formula is C15H21N5O2. The average molecular weight is 303 g/mol. The van der Waals surface area contributed by atoms with Crippen LogP contribution in [0.5, 0.6) is 0 Å². The molecule has 7 nitrogen and oxygen atoms in total. The largest absolute Gasteiger partial charge is 0.342 e. The second-order valence-electron chi connectivity index (χ2n) is 6.00. The van der Waals surface area contributed by atoms with Crippen molar-refractivity contribution in [2.75, 3.05) is 18.0 Å². The topological polar surface area (TPSA) is 75.9 Å². The molecule has 0 aromatic carbocycles. The van der Waals surface area contributed by atoms with E-state index in [9.17, 15) is 9.59 Å². The van der Waals surface area contributed by atoms with Crippen molar-refractivity contribution in [3.63, 3.8) is 0 Å². The van der Waals surface area contributed by atoms with Crippen LogP contribution in [0.25, 0.3) is 11.2 Å². The molecule has 1 aliphatic rings. The van der Waals surface area contributed by atoms with Crippen LogP contribution in [0, 0.1) is 5.92 Å². The maximum Gasteiger partial charge on any atom is 0.329 e. The summed E-state index contributed by atoms with van der Waals surface area (Å²) in [4.78, 5) is 33.1. The summed E-state index contributed by atoms with van der Waals surface area (Å²) < 4.78 is 3.23. The third-order valence-corrected chi connectivity index (χ3v) is 4.24. The van der Waals surface area contributed by atoms with Gasteiger partial charge in [-0.05, 0) is 18.8 Å². The number of imidazole rings is 1. The Balaban J connectivity index is 2.25. The molecule has 1 aliphatic heterocycles. The second kappa shape index (κ2) is 5.47. The highest BCUT2D eigenvalue weighted by atomic mass is 16.2. The van der Waals surface area contributed by atoms with Gasteiger partial charge in [-0.2, -0.15) is 4.98 Å². The molecule has 3 rings (SSSR count). The normalized spacial score (nSPS) is 18.8. The Morgan fingerprint density at radius 3 is 2.91 bits per heavy atom. The molecule has 0 bridgehead atoms. The minimum absolute atomic E-state index is 0.399. The van der Waals surface area contributed by atoms with Crippen LogP contribution in [0.4, 0.5) is 5.95 Å². The van der Waals surface area contributed by atoms with Crippen LogP contribution in [0.15, 0.2) is 22.2 Å². The number of hydrogen-bond donors (Lipinski definition) is 1. The maximum absolute atomic E-state index is 12.2. The zero-order chi connectivity index (χ0) is 15.9. The summed E-state index contributed by atoms with van der Waals surface area (Å²) in [6, 6.07) is 0. The SMILES string of the molecule is C=CCn1c(N2CCCC(C)C2)nc2c1c(=O)[nH]c(=O)n2C. The summed E-state index contributed by atoms with van der Waals surface area (Å²) in [5.74, 6) is 1.33. The first-order valence-electron chi connectivity index (χ1n) is 7.58. The van der Waals surface area contributed by atoms with E-state index in [0.717, 1.165) is 25.5 Å². The van der Waals surface area contributed by atoms with Gasteiger partial charge in [-0.3, -0.25) is 14.3 Å². The molecule has 0 aliphatic carbocycles. The number of aryl methyl sites for hydroxylation is 1. The fraction of sp³-hybridized carbons (Fsp3) is 0.533. The van der Waals surface area contributed by atoms with E-state index in [1.807, 2.05) is 4.57 Å². The Bertz CT molecular complexity index is 829. The van der Waals surface area contributed by atoms with Crippen LogP contribution in [0.1, 0.15) is 19.8 Å². The fourth-order valence-electron chi connectivity index (χ4n) is 3.14. The Labute approximate surface area is 127 Å². The maximum atomic E-state index is 12.2. The molecule has 7 heteroatoms. The average Bonchev–Trinajstić information content (AvgIpc) is 2.85. The number of hydrogen-bond acceptors (Lipinski definition) is 4. The summed E-state index contributed by atoms with van der Waals surface area (Å²) in [5, 5.41) is 0. The van der Waals surface area contributed by atoms with Crippen LogP contribution in [-0.2, 0) is 13.6 Å². The molecule has 1 saturated heterocycles. The number of aromatic amines is 1. The molecular weight excluding hydrogens is 282 g/mol. The molecule has 0 amide bonds. The van der Waals surface area contributed by atoms with Crippen molar-refractivity contribution in [3.05, 3.63) is 33.5 Å². The summed E-state index contributed by atoms with van der Waals surface area (Å²) in [6.07, 6.45) is 4.05. The summed E-state index contributed by atoms with van der Waals surface area (Å²) >= 11 is 0. The van der Waals surface area contributed by atoms with E-state index in [1.54, 1.807) is 13.1 Å². The Kier molecular flexibility index (Phi) is 3.64. The van der Waals surface area contributed by atoms with Crippen molar-refractivity contribution in [2.24, 2.45) is 13.0 Å². The Morgan fingerprint density at radius 2 is 2.23 bits per heavy atom. The molecule has 1 fully saturated rings. The third kappa shape index (κ3) is 2.26. The fourth-order valence-corrected chi connectivity index (χ4v) is 3.14. The molecule has 2 aromatic heterocycles. The molecule has 0 radical (unpaired) electrons. The lowest BCUT2D eigenvalue weighted by Gasteiger charge is -2.31. The molecule has 0 spiro atoms. The van der Waals surface area contributed by atoms with E-state index in [-0.39, 0.29) is 0 Å². The van der Waals surface area contributed by atoms with E-state index in [4.69, 9.17) is 0 Å². The number of anilines is 1. The van der Waals surface area contributed by atoms with Gasteiger partial charge in [0, 0.05) is 26.7 Å². The van der Waals surface area contributed by atoms with Gasteiger partial charge in [0.1, 0.15) is 0 Å². The molecule has 1 atom stereocenters. The van der Waals surface area contributed by atoms with Crippen LogP contribution in [0.3, 0.4) is 0 Å². The highest BCUT2D eigenvalue weighted by molar-refractivity contribution is 5.74. The molecule has 118 valence electrons. The predicted molar refractivity (Wildman–Crippen MR) is 86.4 cm³/mol. The van der Waals surface area contributed by atoms with Gasteiger partial charge in [0.2, 0.25) is 5.95 Å². The summed E-state index contributed by atoms with van der Waals surface area (Å²) in [5.41, 5.74) is 0.00197. The second-order valence-corrected chi connectivity index (χ2v) is 6.00. The lowest BCUT2D eigenvalue weighted by molar-refractivity contribution is 0.439. The zero-order valence-electron chi connectivity index (χ0n) is 13.0. The minimum Gasteiger partial charge on any atom is -0.342 e. The monoisotopic (exact) mass is 303 g/mol. The lowest BCUT2D eigenvalue weighted by Crippen LogP contribution is -2.36. The van der Waals surface area contributed by atoms with Crippen LogP contribution in [-0.4, -0.2) is 32.2 Å². The third-order valence-electron chi connectivity index (χ3n) is 4.24. The van der Waals surface area contributed by atoms with Gasteiger partial charge in [0.25, 0.3) is 5.56 Å². The highest BCUT2D eigenvalue weighted by Crippen LogP contribution is 2.24. The van der Waals surface area contributed by atoms with E-state index in [1.165, 1.54) is 11.0 Å². The van der Waals surface area contributed by atoms with Gasteiger partial charge < -0.3 is 9.47 Å². The first-order valence-corrected chi connectivity index (χ1v) is 7.58. The first-order chi connectivity index (χ1) is 10.5. The van der Waals surface area contributed by atoms with Gasteiger partial charge in [-0.25, -0.2) is 4.79 Å². The van der Waals surface area contributed by atoms with E-state index >= 15 is 0 Å². The van der Waals surface area contributed by atoms with Crippen molar-refractivity contribution in [2.45, 2.75) is 26.3 Å². The number of rotatable bonds is 3. The first kappa shape index (κ1) is 14.6. The van der Waals surface area contributed by atoms with E-state index in [0.29, 0.717) is 23.6 Å². The molecule has 22 heavy (non-hydrogen) atoms. The van der Waals surface area contributed by atoms with Gasteiger partial charge in [0.05, 0.1) is 0 Å². The van der Waals surface area contributed by atoms with Gasteiger partial charge in [-0.1, -0.05) is 13.0 Å². The summed E-state index contributed by atoms with van der Waals surface area (Å²) in [6.45, 7) is 8.29. The number of aromatic nitrogens is 4. The molecule has 0 saturated carbocycles. The van der Waals surface area contributed by atoms with Crippen molar-refractivity contribution >= 4 is 17.1 Å². The molecule has 1 unspecified atom stereocenters. The number of piperidine rings is 1. The van der Waals surface area contributed by atoms with E-state index in [2.05, 4.69) is 28.4 Å². The smallest absolute Gasteiger partial charge is 0.329 e. The predicted octanol–water partition coefficient (Wildman–Crippen LogP) is 0.846. The van der Waals surface area contributed by atoms with Crippen molar-refractivity contribution < 1.29 is 0 Å². The van der Waals surface area contributed by atoms with Crippen molar-refractivity contribution in [1.29, 1.82) is 0 Å². The number of nitrogens with zero attached hydrogens (tertiary/aromatic N) is 4. The van der Waals surface area contributed by atoms with Crippen LogP contribution < -0.4 is 16.1 Å². The number of nitrogens with one attached hydrogen (secondary N) is 1. The standard InChI is InChI=1S/C15H21N5O2/c1-4-7-20-11-12(18(3)15(22)17-13(11)21)16-14(20)19-8-5-6-10(2)9-19/h4,10H,1,5-9H2,2-3H3,(H,17,21,22). The minimum atomic E-state index is -0.445. The quantitative estimate of drug-likeness (QED) is 0.853. The lowest BCUT2D eigenvalue weighted by atomic mass is 10.0. The van der Waals surface area contributed by atoms with Crippen molar-refractivity contribution in [1.82, 2.24) is 19.1 Å². The Morgan fingerprint density at radius 1 is 1.45 bits per heavy atom. The number of allylic oxidation sites excluding steroid dienone is 1. The Hall–Kier alpha value is -2.31. The molecule has 3 heterocycles. The summed E-state index contributed by atoms with van der Waals surface area (Å²) in [7, 11) is 1.62. The van der Waals surface area contributed by atoms with E-state index < -0.39 is 11.2 Å². The molecule has 1 N–H and O–H groups in total. The van der Waals surface area contributed by atoms with Gasteiger partial charge in [-0.15, -0.1) is 6.58 Å². The van der Waals surface area contributed by atoms with Gasteiger partial charge >= 0.3 is 5.69 Å². The zero-order valence-corrected chi connectivity index (χ0v) is 13.0. The van der Waals surface area contributed by atoms with Crippen molar-refractivity contribution in [3.8, 4) is 0 Å². The van der Waals surface area contributed by atoms with Crippen LogP contribution in [0.2, 0.25) is 0 Å². The molecule has 2 aromatic rings.